The van der Waals surface area contributed by atoms with Gasteiger partial charge in [-0.25, -0.2) is 0 Å². The zero-order valence-electron chi connectivity index (χ0n) is 13.9. The van der Waals surface area contributed by atoms with Crippen molar-refractivity contribution in [2.45, 2.75) is 46.3 Å². The van der Waals surface area contributed by atoms with Gasteiger partial charge in [0.1, 0.15) is 11.7 Å². The quantitative estimate of drug-likeness (QED) is 0.877. The lowest BCUT2D eigenvalue weighted by Crippen LogP contribution is -2.31. The first-order chi connectivity index (χ1) is 11.5. The molecule has 0 bridgehead atoms. The highest BCUT2D eigenvalue weighted by Crippen LogP contribution is 2.26. The first-order valence-electron chi connectivity index (χ1n) is 7.89. The molecule has 8 nitrogen and oxygen atoms in total. The number of aromatic amines is 1. The molecule has 1 saturated heterocycles. The van der Waals surface area contributed by atoms with E-state index in [1.165, 1.54) is 0 Å². The third-order valence-corrected chi connectivity index (χ3v) is 4.35. The average molecular weight is 332 g/mol. The van der Waals surface area contributed by atoms with Crippen molar-refractivity contribution in [3.63, 3.8) is 0 Å². The number of rotatable bonds is 4. The Morgan fingerprint density at radius 2 is 2.12 bits per heavy atom. The van der Waals surface area contributed by atoms with Crippen LogP contribution in [0.5, 0.6) is 0 Å². The van der Waals surface area contributed by atoms with Crippen LogP contribution in [0.3, 0.4) is 0 Å². The second-order valence-corrected chi connectivity index (χ2v) is 5.94. The van der Waals surface area contributed by atoms with E-state index >= 15 is 0 Å². The number of nitrogens with one attached hydrogen (secondary N) is 2. The van der Waals surface area contributed by atoms with Crippen molar-refractivity contribution in [2.75, 3.05) is 6.61 Å². The summed E-state index contributed by atoms with van der Waals surface area (Å²) in [6, 6.07) is 0. The molecule has 0 spiro atoms. The molecule has 1 amide bonds. The Hall–Kier alpha value is -2.48. The molecular formula is C16H20N4O4. The maximum atomic E-state index is 12.3. The summed E-state index contributed by atoms with van der Waals surface area (Å²) in [6.45, 7) is 6.20. The molecule has 1 aliphatic rings. The lowest BCUT2D eigenvalue weighted by atomic mass is 10.0. The van der Waals surface area contributed by atoms with Gasteiger partial charge in [0.05, 0.1) is 6.54 Å². The summed E-state index contributed by atoms with van der Waals surface area (Å²) in [6.07, 6.45) is 1.66. The van der Waals surface area contributed by atoms with Crippen LogP contribution in [0.25, 0.3) is 0 Å². The van der Waals surface area contributed by atoms with Gasteiger partial charge in [-0.15, -0.1) is 0 Å². The van der Waals surface area contributed by atoms with E-state index in [9.17, 15) is 9.59 Å². The van der Waals surface area contributed by atoms with E-state index in [1.54, 1.807) is 13.8 Å². The number of hydrogen-bond acceptors (Lipinski definition) is 6. The number of aryl methyl sites for hydroxylation is 1. The summed E-state index contributed by atoms with van der Waals surface area (Å²) < 4.78 is 10.6. The molecule has 2 aromatic heterocycles. The standard InChI is InChI=1S/C16H20N4O4/c1-8-9(2)13(15(22)18-10(8)3)14(21)17-7-12-19-16(24-20-12)11-5-4-6-23-11/h11H,4-7H2,1-3H3,(H,17,21)(H,18,22)/t11-/m1/s1. The van der Waals surface area contributed by atoms with Crippen LogP contribution in [0, 0.1) is 20.8 Å². The van der Waals surface area contributed by atoms with Gasteiger partial charge in [-0.05, 0) is 44.7 Å². The van der Waals surface area contributed by atoms with Gasteiger partial charge in [-0.2, -0.15) is 4.98 Å². The number of carbonyl (C=O) groups excluding carboxylic acids is 1. The Kier molecular flexibility index (Phi) is 4.48. The number of amides is 1. The van der Waals surface area contributed by atoms with Gasteiger partial charge in [0.25, 0.3) is 17.4 Å². The molecule has 2 aromatic rings. The van der Waals surface area contributed by atoms with Crippen molar-refractivity contribution >= 4 is 5.91 Å². The molecule has 1 aliphatic heterocycles. The number of ether oxygens (including phenoxy) is 1. The third kappa shape index (κ3) is 3.09. The van der Waals surface area contributed by atoms with Crippen molar-refractivity contribution in [3.05, 3.63) is 44.5 Å². The molecule has 2 N–H and O–H groups in total. The predicted molar refractivity (Wildman–Crippen MR) is 84.7 cm³/mol. The number of nitrogens with zero attached hydrogens (tertiary/aromatic N) is 2. The molecule has 1 atom stereocenters. The van der Waals surface area contributed by atoms with Crippen LogP contribution in [-0.2, 0) is 11.3 Å². The fraction of sp³-hybridized carbons (Fsp3) is 0.500. The largest absolute Gasteiger partial charge is 0.368 e. The number of hydrogen-bond donors (Lipinski definition) is 2. The van der Waals surface area contributed by atoms with E-state index in [4.69, 9.17) is 9.26 Å². The van der Waals surface area contributed by atoms with Gasteiger partial charge < -0.3 is 19.6 Å². The lowest BCUT2D eigenvalue weighted by molar-refractivity contribution is 0.0835. The number of carbonyl (C=O) groups is 1. The Bertz CT molecular complexity index is 818. The topological polar surface area (TPSA) is 110 Å². The molecule has 3 rings (SSSR count). The van der Waals surface area contributed by atoms with Gasteiger partial charge in [0.2, 0.25) is 0 Å². The lowest BCUT2D eigenvalue weighted by Gasteiger charge is -2.10. The normalized spacial score (nSPS) is 17.2. The van der Waals surface area contributed by atoms with E-state index in [0.29, 0.717) is 23.9 Å². The number of H-pyrrole nitrogens is 1. The molecule has 0 aromatic carbocycles. The smallest absolute Gasteiger partial charge is 0.261 e. The monoisotopic (exact) mass is 332 g/mol. The van der Waals surface area contributed by atoms with Crippen molar-refractivity contribution in [2.24, 2.45) is 0 Å². The van der Waals surface area contributed by atoms with Gasteiger partial charge in [0.15, 0.2) is 5.82 Å². The predicted octanol–water partition coefficient (Wildman–Crippen LogP) is 1.46. The van der Waals surface area contributed by atoms with E-state index in [-0.39, 0.29) is 18.2 Å². The Balaban J connectivity index is 1.70. The SMILES string of the molecule is Cc1[nH]c(=O)c(C(=O)NCc2noc([C@H]3CCCO3)n2)c(C)c1C. The average Bonchev–Trinajstić information content (AvgIpc) is 3.21. The highest BCUT2D eigenvalue weighted by Gasteiger charge is 2.24. The van der Waals surface area contributed by atoms with E-state index in [0.717, 1.165) is 24.1 Å². The summed E-state index contributed by atoms with van der Waals surface area (Å²) in [5.74, 6) is 0.323. The maximum absolute atomic E-state index is 12.3. The second-order valence-electron chi connectivity index (χ2n) is 5.94. The minimum Gasteiger partial charge on any atom is -0.368 e. The van der Waals surface area contributed by atoms with E-state index in [2.05, 4.69) is 20.4 Å². The zero-order valence-corrected chi connectivity index (χ0v) is 13.9. The fourth-order valence-electron chi connectivity index (χ4n) is 2.73. The minimum absolute atomic E-state index is 0.0842. The molecule has 0 aliphatic carbocycles. The van der Waals surface area contributed by atoms with Crippen LogP contribution in [-0.4, -0.2) is 27.6 Å². The second kappa shape index (κ2) is 6.56. The van der Waals surface area contributed by atoms with Gasteiger partial charge in [0, 0.05) is 12.3 Å². The highest BCUT2D eigenvalue weighted by atomic mass is 16.5. The van der Waals surface area contributed by atoms with Crippen LogP contribution in [0.15, 0.2) is 9.32 Å². The van der Waals surface area contributed by atoms with Crippen molar-refractivity contribution < 1.29 is 14.1 Å². The van der Waals surface area contributed by atoms with Gasteiger partial charge in [-0.1, -0.05) is 5.16 Å². The molecule has 0 unspecified atom stereocenters. The van der Waals surface area contributed by atoms with Crippen molar-refractivity contribution in [3.8, 4) is 0 Å². The summed E-state index contributed by atoms with van der Waals surface area (Å²) >= 11 is 0. The molecule has 0 radical (unpaired) electrons. The summed E-state index contributed by atoms with van der Waals surface area (Å²) in [7, 11) is 0. The van der Waals surface area contributed by atoms with Crippen LogP contribution in [0.2, 0.25) is 0 Å². The molecular weight excluding hydrogens is 312 g/mol. The Morgan fingerprint density at radius 3 is 2.83 bits per heavy atom. The number of pyridine rings is 1. The van der Waals surface area contributed by atoms with E-state index < -0.39 is 11.5 Å². The first-order valence-corrected chi connectivity index (χ1v) is 7.89. The fourth-order valence-corrected chi connectivity index (χ4v) is 2.73. The molecule has 24 heavy (non-hydrogen) atoms. The van der Waals surface area contributed by atoms with Crippen molar-refractivity contribution in [1.82, 2.24) is 20.4 Å². The molecule has 8 heteroatoms. The maximum Gasteiger partial charge on any atom is 0.261 e. The molecule has 1 fully saturated rings. The molecule has 3 heterocycles. The molecule has 128 valence electrons. The van der Waals surface area contributed by atoms with Crippen LogP contribution in [0.1, 0.15) is 57.8 Å². The number of aromatic nitrogens is 3. The summed E-state index contributed by atoms with van der Waals surface area (Å²) in [5, 5.41) is 6.50. The minimum atomic E-state index is -0.458. The van der Waals surface area contributed by atoms with Gasteiger partial charge >= 0.3 is 0 Å². The summed E-state index contributed by atoms with van der Waals surface area (Å²) in [5.41, 5.74) is 2.03. The zero-order chi connectivity index (χ0) is 17.3. The highest BCUT2D eigenvalue weighted by molar-refractivity contribution is 5.95. The van der Waals surface area contributed by atoms with Crippen LogP contribution >= 0.6 is 0 Å². The van der Waals surface area contributed by atoms with E-state index in [1.807, 2.05) is 6.92 Å². The van der Waals surface area contributed by atoms with Gasteiger partial charge in [-0.3, -0.25) is 9.59 Å². The first kappa shape index (κ1) is 16.4. The van der Waals surface area contributed by atoms with Crippen molar-refractivity contribution in [1.29, 1.82) is 0 Å². The summed E-state index contributed by atoms with van der Waals surface area (Å²) in [4.78, 5) is 31.3. The Labute approximate surface area is 138 Å². The Morgan fingerprint density at radius 1 is 1.33 bits per heavy atom. The third-order valence-electron chi connectivity index (χ3n) is 4.35. The van der Waals surface area contributed by atoms with Crippen LogP contribution in [0.4, 0.5) is 0 Å². The van der Waals surface area contributed by atoms with Crippen LogP contribution < -0.4 is 10.9 Å². The molecule has 0 saturated carbocycles.